The van der Waals surface area contributed by atoms with Crippen LogP contribution >= 0.6 is 0 Å². The van der Waals surface area contributed by atoms with Gasteiger partial charge in [0.05, 0.1) is 19.8 Å². The number of aliphatic hydroxyl groups is 7. The second-order valence-electron chi connectivity index (χ2n) is 17.6. The largest absolute Gasteiger partial charge is 0.462 e. The Morgan fingerprint density at radius 2 is 0.913 bits per heavy atom. The van der Waals surface area contributed by atoms with Crippen LogP contribution in [-0.2, 0) is 38.0 Å². The summed E-state index contributed by atoms with van der Waals surface area (Å²) in [6, 6.07) is 0. The van der Waals surface area contributed by atoms with Gasteiger partial charge in [-0.05, 0) is 83.5 Å². The van der Waals surface area contributed by atoms with Gasteiger partial charge < -0.3 is 64.2 Å². The van der Waals surface area contributed by atoms with Crippen molar-refractivity contribution in [2.75, 3.05) is 26.4 Å². The molecule has 0 aromatic heterocycles. The maximum atomic E-state index is 13.0. The summed E-state index contributed by atoms with van der Waals surface area (Å²) in [6.07, 6.45) is 31.8. The minimum atomic E-state index is -1.78. The zero-order chi connectivity index (χ0) is 50.3. The average Bonchev–Trinajstić information content (AvgIpc) is 3.34. The van der Waals surface area contributed by atoms with E-state index in [-0.39, 0.29) is 19.4 Å². The number of carbonyl (C=O) groups excluding carboxylic acids is 2. The maximum absolute atomic E-state index is 13.0. The Morgan fingerprint density at radius 1 is 0.478 bits per heavy atom. The third-order valence-electron chi connectivity index (χ3n) is 11.6. The van der Waals surface area contributed by atoms with Crippen LogP contribution < -0.4 is 0 Å². The molecule has 11 atom stereocenters. The first-order chi connectivity index (χ1) is 33.5. The standard InChI is InChI=1S/C54H88O15/c1-3-5-7-9-11-13-15-17-19-20-21-22-23-25-27-29-31-33-35-37-46(57)67-42(39-64-45(56)36-34-32-30-28-26-24-18-16-14-12-10-8-6-4-2)40-65-53-52(63)50(61)48(59)44(69-53)41-66-54-51(62)49(60)47(58)43(38-55)68-54/h5,7,10-13,16-19,21-22,25,27,42-44,47-55,58-63H,3-4,6,8-9,14-15,20,23-24,26,28-41H2,1-2H3/b7-5-,12-10-,13-11-,18-16-,19-17-,22-21-,27-25-. The Morgan fingerprint density at radius 3 is 1.45 bits per heavy atom. The Balaban J connectivity index is 1.84. The first kappa shape index (κ1) is 61.8. The van der Waals surface area contributed by atoms with Crippen LogP contribution in [0.5, 0.6) is 0 Å². The van der Waals surface area contributed by atoms with Gasteiger partial charge in [-0.2, -0.15) is 0 Å². The summed E-state index contributed by atoms with van der Waals surface area (Å²) in [5, 5.41) is 72.1. The Labute approximate surface area is 412 Å². The number of allylic oxidation sites excluding steroid dienone is 14. The second-order valence-corrected chi connectivity index (χ2v) is 17.6. The number of ether oxygens (including phenoxy) is 6. The van der Waals surface area contributed by atoms with Crippen molar-refractivity contribution < 1.29 is 73.8 Å². The van der Waals surface area contributed by atoms with E-state index in [9.17, 15) is 45.3 Å². The van der Waals surface area contributed by atoms with E-state index < -0.39 is 99.3 Å². The van der Waals surface area contributed by atoms with Crippen LogP contribution in [0.3, 0.4) is 0 Å². The highest BCUT2D eigenvalue weighted by molar-refractivity contribution is 5.70. The van der Waals surface area contributed by atoms with E-state index in [4.69, 9.17) is 28.4 Å². The van der Waals surface area contributed by atoms with E-state index in [1.807, 2.05) is 0 Å². The summed E-state index contributed by atoms with van der Waals surface area (Å²) in [5.74, 6) is -0.988. The third-order valence-corrected chi connectivity index (χ3v) is 11.6. The molecule has 0 aromatic rings. The van der Waals surface area contributed by atoms with Gasteiger partial charge in [-0.15, -0.1) is 0 Å². The Kier molecular flexibility index (Phi) is 36.1. The quantitative estimate of drug-likeness (QED) is 0.0184. The first-order valence-corrected chi connectivity index (χ1v) is 25.7. The molecule has 2 aliphatic rings. The van der Waals surface area contributed by atoms with Crippen molar-refractivity contribution in [2.45, 2.75) is 216 Å². The van der Waals surface area contributed by atoms with E-state index in [2.05, 4.69) is 98.9 Å². The zero-order valence-corrected chi connectivity index (χ0v) is 41.5. The van der Waals surface area contributed by atoms with Gasteiger partial charge in [0, 0.05) is 12.8 Å². The molecule has 69 heavy (non-hydrogen) atoms. The summed E-state index contributed by atoms with van der Waals surface area (Å²) in [7, 11) is 0. The number of unbranched alkanes of at least 4 members (excludes halogenated alkanes) is 10. The van der Waals surface area contributed by atoms with Crippen molar-refractivity contribution in [2.24, 2.45) is 0 Å². The lowest BCUT2D eigenvalue weighted by Crippen LogP contribution is -2.61. The van der Waals surface area contributed by atoms with E-state index >= 15 is 0 Å². The third kappa shape index (κ3) is 28.3. The van der Waals surface area contributed by atoms with Crippen LogP contribution in [0.4, 0.5) is 0 Å². The molecule has 11 unspecified atom stereocenters. The summed E-state index contributed by atoms with van der Waals surface area (Å²) >= 11 is 0. The second kappa shape index (κ2) is 40.3. The highest BCUT2D eigenvalue weighted by atomic mass is 16.7. The number of aliphatic hydroxyl groups excluding tert-OH is 7. The van der Waals surface area contributed by atoms with Crippen LogP contribution in [0.2, 0.25) is 0 Å². The van der Waals surface area contributed by atoms with E-state index in [1.165, 1.54) is 12.8 Å². The van der Waals surface area contributed by atoms with Crippen LogP contribution in [0.15, 0.2) is 85.1 Å². The van der Waals surface area contributed by atoms with Gasteiger partial charge >= 0.3 is 11.9 Å². The lowest BCUT2D eigenvalue weighted by Gasteiger charge is -2.42. The molecule has 15 heteroatoms. The van der Waals surface area contributed by atoms with E-state index in [0.29, 0.717) is 12.8 Å². The molecule has 0 radical (unpaired) electrons. The number of rotatable bonds is 38. The first-order valence-electron chi connectivity index (χ1n) is 25.7. The molecule has 0 aromatic carbocycles. The number of hydrogen-bond acceptors (Lipinski definition) is 15. The van der Waals surface area contributed by atoms with Crippen molar-refractivity contribution in [1.29, 1.82) is 0 Å². The lowest BCUT2D eigenvalue weighted by atomic mass is 9.98. The molecular formula is C54H88O15. The summed E-state index contributed by atoms with van der Waals surface area (Å²) < 4.78 is 33.5. The fourth-order valence-electron chi connectivity index (χ4n) is 7.38. The Bertz CT molecular complexity index is 1520. The fraction of sp³-hybridized carbons (Fsp3) is 0.704. The average molecular weight is 977 g/mol. The normalized spacial score (nSPS) is 26.3. The lowest BCUT2D eigenvalue weighted by molar-refractivity contribution is -0.332. The van der Waals surface area contributed by atoms with Crippen LogP contribution in [0, 0.1) is 0 Å². The van der Waals surface area contributed by atoms with Crippen molar-refractivity contribution in [3.05, 3.63) is 85.1 Å². The van der Waals surface area contributed by atoms with Gasteiger partial charge in [0.15, 0.2) is 18.7 Å². The van der Waals surface area contributed by atoms with E-state index in [0.717, 1.165) is 96.3 Å². The molecule has 7 N–H and O–H groups in total. The summed E-state index contributed by atoms with van der Waals surface area (Å²) in [6.45, 7) is 2.36. The fourth-order valence-corrected chi connectivity index (χ4v) is 7.38. The van der Waals surface area contributed by atoms with Crippen LogP contribution in [0.25, 0.3) is 0 Å². The number of carbonyl (C=O) groups is 2. The van der Waals surface area contributed by atoms with Gasteiger partial charge in [0.2, 0.25) is 0 Å². The highest BCUT2D eigenvalue weighted by Gasteiger charge is 2.47. The number of esters is 2. The van der Waals surface area contributed by atoms with Gasteiger partial charge in [-0.3, -0.25) is 9.59 Å². The smallest absolute Gasteiger partial charge is 0.306 e. The molecule has 2 heterocycles. The van der Waals surface area contributed by atoms with Crippen molar-refractivity contribution in [3.63, 3.8) is 0 Å². The van der Waals surface area contributed by atoms with Crippen molar-refractivity contribution in [3.8, 4) is 0 Å². The zero-order valence-electron chi connectivity index (χ0n) is 41.5. The Hall–Kier alpha value is -3.32. The van der Waals surface area contributed by atoms with E-state index in [1.54, 1.807) is 0 Å². The molecule has 15 nitrogen and oxygen atoms in total. The molecule has 0 bridgehead atoms. The molecule has 0 saturated carbocycles. The molecule has 0 aliphatic carbocycles. The van der Waals surface area contributed by atoms with Crippen LogP contribution in [-0.4, -0.2) is 142 Å². The maximum Gasteiger partial charge on any atom is 0.306 e. The summed E-state index contributed by atoms with van der Waals surface area (Å²) in [5.41, 5.74) is 0. The topological polar surface area (TPSA) is 231 Å². The molecule has 0 spiro atoms. The SMILES string of the molecule is CC/C=C\C/C=C\C/C=C\C/C=C\C/C=C\CCCCCC(=O)OC(COC(=O)CCCCCCC/C=C\C/C=C\CCCC)COC1OC(COC2OC(CO)C(O)C(O)C2O)C(O)C(O)C1O. The monoisotopic (exact) mass is 977 g/mol. The predicted molar refractivity (Wildman–Crippen MR) is 265 cm³/mol. The molecule has 2 fully saturated rings. The van der Waals surface area contributed by atoms with Gasteiger partial charge in [-0.25, -0.2) is 0 Å². The number of hydrogen-bond donors (Lipinski definition) is 7. The van der Waals surface area contributed by atoms with Crippen LogP contribution in [0.1, 0.15) is 149 Å². The molecule has 2 saturated heterocycles. The van der Waals surface area contributed by atoms with Gasteiger partial charge in [-0.1, -0.05) is 137 Å². The van der Waals surface area contributed by atoms with Gasteiger partial charge in [0.1, 0.15) is 55.4 Å². The van der Waals surface area contributed by atoms with Gasteiger partial charge in [0.25, 0.3) is 0 Å². The summed E-state index contributed by atoms with van der Waals surface area (Å²) in [4.78, 5) is 25.8. The highest BCUT2D eigenvalue weighted by Crippen LogP contribution is 2.26. The molecule has 2 aliphatic heterocycles. The minimum Gasteiger partial charge on any atom is -0.462 e. The van der Waals surface area contributed by atoms with Crippen molar-refractivity contribution >= 4 is 11.9 Å². The molecular weight excluding hydrogens is 889 g/mol. The molecule has 394 valence electrons. The minimum absolute atomic E-state index is 0.118. The molecule has 0 amide bonds. The predicted octanol–water partition coefficient (Wildman–Crippen LogP) is 7.21. The molecule has 2 rings (SSSR count). The van der Waals surface area contributed by atoms with Crippen molar-refractivity contribution in [1.82, 2.24) is 0 Å².